The van der Waals surface area contributed by atoms with Gasteiger partial charge in [0, 0.05) is 62.0 Å². The first kappa shape index (κ1) is 26.1. The summed E-state index contributed by atoms with van der Waals surface area (Å²) in [6.45, 7) is 0. The molecular weight excluding hydrogens is 555 g/mol. The Hall–Kier alpha value is -5.58. The Morgan fingerprint density at radius 3 is 1.39 bits per heavy atom. The highest BCUT2D eigenvalue weighted by Crippen LogP contribution is 2.41. The maximum absolute atomic E-state index is 4.17. The fourth-order valence-electron chi connectivity index (χ4n) is 5.91. The van der Waals surface area contributed by atoms with Crippen molar-refractivity contribution >= 4 is 48.6 Å². The molecule has 0 aliphatic carbocycles. The summed E-state index contributed by atoms with van der Waals surface area (Å²) in [6, 6.07) is 49.9. The van der Waals surface area contributed by atoms with Crippen LogP contribution >= 0.6 is 11.3 Å². The van der Waals surface area contributed by atoms with Crippen molar-refractivity contribution in [1.82, 2.24) is 9.97 Å². The maximum Gasteiger partial charge on any atom is 0.0462 e. The van der Waals surface area contributed by atoms with E-state index in [0.717, 1.165) is 39.3 Å². The van der Waals surface area contributed by atoms with E-state index >= 15 is 0 Å². The number of benzene rings is 5. The third-order valence-corrected chi connectivity index (χ3v) is 9.34. The molecule has 0 fully saturated rings. The van der Waals surface area contributed by atoms with Crippen LogP contribution in [0, 0.1) is 0 Å². The number of fused-ring (bicyclic) bond motifs is 3. The molecule has 0 spiro atoms. The van der Waals surface area contributed by atoms with Crippen LogP contribution < -0.4 is 4.90 Å². The predicted octanol–water partition coefficient (Wildman–Crippen LogP) is 11.3. The van der Waals surface area contributed by atoms with Gasteiger partial charge in [0.1, 0.15) is 0 Å². The first-order valence-corrected chi connectivity index (χ1v) is 15.5. The van der Waals surface area contributed by atoms with Crippen LogP contribution in [0.25, 0.3) is 53.6 Å². The second-order valence-electron chi connectivity index (χ2n) is 10.7. The topological polar surface area (TPSA) is 29.0 Å². The summed E-state index contributed by atoms with van der Waals surface area (Å²) in [6.07, 6.45) is 7.34. The second kappa shape index (κ2) is 11.3. The number of hydrogen-bond donors (Lipinski definition) is 0. The van der Waals surface area contributed by atoms with Gasteiger partial charge in [-0.25, -0.2) is 0 Å². The van der Waals surface area contributed by atoms with Crippen molar-refractivity contribution in [2.75, 3.05) is 4.90 Å². The monoisotopic (exact) mass is 581 g/mol. The number of nitrogens with zero attached hydrogens (tertiary/aromatic N) is 3. The van der Waals surface area contributed by atoms with Gasteiger partial charge < -0.3 is 4.90 Å². The summed E-state index contributed by atoms with van der Waals surface area (Å²) >= 11 is 1.87. The van der Waals surface area contributed by atoms with Crippen LogP contribution in [-0.4, -0.2) is 9.97 Å². The molecule has 0 atom stereocenters. The summed E-state index contributed by atoms with van der Waals surface area (Å²) in [4.78, 5) is 10.7. The van der Waals surface area contributed by atoms with Gasteiger partial charge in [0.15, 0.2) is 0 Å². The van der Waals surface area contributed by atoms with E-state index in [9.17, 15) is 0 Å². The lowest BCUT2D eigenvalue weighted by atomic mass is 10.0. The minimum Gasteiger partial charge on any atom is -0.311 e. The van der Waals surface area contributed by atoms with Crippen molar-refractivity contribution in [3.8, 4) is 33.4 Å². The van der Waals surface area contributed by atoms with E-state index in [2.05, 4.69) is 130 Å². The molecule has 44 heavy (non-hydrogen) atoms. The van der Waals surface area contributed by atoms with E-state index in [1.54, 1.807) is 0 Å². The summed E-state index contributed by atoms with van der Waals surface area (Å²) in [5.41, 5.74) is 10.4. The van der Waals surface area contributed by atoms with Gasteiger partial charge in [0.05, 0.1) is 0 Å². The normalized spacial score (nSPS) is 11.2. The van der Waals surface area contributed by atoms with Crippen molar-refractivity contribution in [1.29, 1.82) is 0 Å². The lowest BCUT2D eigenvalue weighted by Crippen LogP contribution is -2.09. The third-order valence-electron chi connectivity index (χ3n) is 8.12. The first-order chi connectivity index (χ1) is 21.8. The van der Waals surface area contributed by atoms with Crippen LogP contribution in [-0.2, 0) is 0 Å². The molecule has 0 amide bonds. The molecule has 8 aromatic rings. The Morgan fingerprint density at radius 2 is 0.841 bits per heavy atom. The van der Waals surface area contributed by atoms with Crippen molar-refractivity contribution in [3.63, 3.8) is 0 Å². The van der Waals surface area contributed by atoms with Crippen LogP contribution in [0.3, 0.4) is 0 Å². The van der Waals surface area contributed by atoms with Gasteiger partial charge in [-0.2, -0.15) is 0 Å². The van der Waals surface area contributed by atoms with Crippen LogP contribution in [0.4, 0.5) is 17.1 Å². The zero-order valence-corrected chi connectivity index (χ0v) is 24.7. The lowest BCUT2D eigenvalue weighted by molar-refractivity contribution is 1.28. The number of rotatable bonds is 6. The van der Waals surface area contributed by atoms with Crippen molar-refractivity contribution < 1.29 is 0 Å². The Balaban J connectivity index is 1.19. The van der Waals surface area contributed by atoms with E-state index in [1.165, 1.54) is 31.3 Å². The number of pyridine rings is 2. The Labute approximate surface area is 260 Å². The van der Waals surface area contributed by atoms with Gasteiger partial charge in [0.2, 0.25) is 0 Å². The van der Waals surface area contributed by atoms with Crippen molar-refractivity contribution in [2.45, 2.75) is 0 Å². The van der Waals surface area contributed by atoms with Crippen molar-refractivity contribution in [2.24, 2.45) is 0 Å². The summed E-state index contributed by atoms with van der Waals surface area (Å²) in [5.74, 6) is 0. The molecule has 8 rings (SSSR count). The van der Waals surface area contributed by atoms with Gasteiger partial charge in [-0.15, -0.1) is 11.3 Å². The molecule has 208 valence electrons. The highest BCUT2D eigenvalue weighted by Gasteiger charge is 2.15. The molecule has 0 saturated carbocycles. The predicted molar refractivity (Wildman–Crippen MR) is 186 cm³/mol. The van der Waals surface area contributed by atoms with Gasteiger partial charge in [0.25, 0.3) is 0 Å². The summed E-state index contributed by atoms with van der Waals surface area (Å²) < 4.78 is 2.65. The Bertz CT molecular complexity index is 2100. The number of aromatic nitrogens is 2. The van der Waals surface area contributed by atoms with E-state index in [1.807, 2.05) is 60.4 Å². The highest BCUT2D eigenvalue weighted by atomic mass is 32.1. The van der Waals surface area contributed by atoms with E-state index in [0.29, 0.717) is 0 Å². The van der Waals surface area contributed by atoms with E-state index in [4.69, 9.17) is 0 Å². The molecule has 0 unspecified atom stereocenters. The highest BCUT2D eigenvalue weighted by molar-refractivity contribution is 7.26. The number of hydrogen-bond acceptors (Lipinski definition) is 4. The fraction of sp³-hybridized carbons (Fsp3) is 0. The van der Waals surface area contributed by atoms with Gasteiger partial charge in [-0.05, 0) is 100 Å². The van der Waals surface area contributed by atoms with Gasteiger partial charge in [-0.3, -0.25) is 9.97 Å². The molecular formula is C40H27N3S. The average Bonchev–Trinajstić information content (AvgIpc) is 3.49. The molecule has 4 heteroatoms. The van der Waals surface area contributed by atoms with E-state index < -0.39 is 0 Å². The molecule has 0 aliphatic rings. The molecule has 3 heterocycles. The standard InChI is InChI=1S/C40H27N3S/c1-2-7-39-37(4-1)38-6-3-5-36(40(38)44-39)32-12-18-35(19-13-32)43(33-14-8-28(9-15-33)30-20-24-41-25-21-30)34-16-10-29(11-17-34)31-22-26-42-27-23-31/h1-27H. The van der Waals surface area contributed by atoms with Crippen LogP contribution in [0.15, 0.2) is 164 Å². The molecule has 3 nitrogen and oxygen atoms in total. The molecule has 0 radical (unpaired) electrons. The molecule has 0 N–H and O–H groups in total. The van der Waals surface area contributed by atoms with Gasteiger partial charge >= 0.3 is 0 Å². The molecule has 0 aliphatic heterocycles. The molecule has 3 aromatic heterocycles. The third kappa shape index (κ3) is 4.81. The Morgan fingerprint density at radius 1 is 0.386 bits per heavy atom. The number of thiophene rings is 1. The quantitative estimate of drug-likeness (QED) is 0.196. The molecule has 0 saturated heterocycles. The summed E-state index contributed by atoms with van der Waals surface area (Å²) in [7, 11) is 0. The smallest absolute Gasteiger partial charge is 0.0462 e. The fourth-order valence-corrected chi connectivity index (χ4v) is 7.14. The lowest BCUT2D eigenvalue weighted by Gasteiger charge is -2.26. The summed E-state index contributed by atoms with van der Waals surface area (Å²) in [5, 5.41) is 2.64. The van der Waals surface area contributed by atoms with Crippen LogP contribution in [0.2, 0.25) is 0 Å². The maximum atomic E-state index is 4.17. The SMILES string of the molecule is c1ccc2c(c1)sc1c(-c3ccc(N(c4ccc(-c5ccncc5)cc4)c4ccc(-c5ccncc5)cc4)cc3)cccc12. The first-order valence-electron chi connectivity index (χ1n) is 14.6. The van der Waals surface area contributed by atoms with Gasteiger partial charge in [-0.1, -0.05) is 72.8 Å². The van der Waals surface area contributed by atoms with Crippen LogP contribution in [0.5, 0.6) is 0 Å². The molecule has 5 aromatic carbocycles. The second-order valence-corrected chi connectivity index (χ2v) is 11.8. The largest absolute Gasteiger partial charge is 0.311 e. The van der Waals surface area contributed by atoms with E-state index in [-0.39, 0.29) is 0 Å². The zero-order chi connectivity index (χ0) is 29.3. The molecule has 0 bridgehead atoms. The average molecular weight is 582 g/mol. The number of anilines is 3. The minimum atomic E-state index is 1.10. The van der Waals surface area contributed by atoms with Crippen molar-refractivity contribution in [3.05, 3.63) is 164 Å². The zero-order valence-electron chi connectivity index (χ0n) is 23.8. The Kier molecular flexibility index (Phi) is 6.67. The minimum absolute atomic E-state index is 1.10. The van der Waals surface area contributed by atoms with Crippen LogP contribution in [0.1, 0.15) is 0 Å².